The van der Waals surface area contributed by atoms with E-state index in [1.165, 1.54) is 23.1 Å². The van der Waals surface area contributed by atoms with Crippen LogP contribution in [0.1, 0.15) is 13.8 Å². The number of hydrogen-bond donors (Lipinski definition) is 1. The normalized spacial score (nSPS) is 11.1. The van der Waals surface area contributed by atoms with Gasteiger partial charge in [0.25, 0.3) is 0 Å². The fraction of sp³-hybridized carbons (Fsp3) is 0.278. The molecule has 8 heteroatoms. The second-order valence-electron chi connectivity index (χ2n) is 6.11. The van der Waals surface area contributed by atoms with Gasteiger partial charge in [-0.15, -0.1) is 11.3 Å². The number of thioether (sulfide) groups is 1. The van der Waals surface area contributed by atoms with Gasteiger partial charge in [-0.05, 0) is 23.6 Å². The monoisotopic (exact) mass is 450 g/mol. The summed E-state index contributed by atoms with van der Waals surface area (Å²) in [5.41, 5.74) is 2.18. The molecule has 0 radical (unpaired) electrons. The van der Waals surface area contributed by atoms with Crippen LogP contribution in [0.3, 0.4) is 0 Å². The predicted octanol–water partition coefficient (Wildman–Crippen LogP) is 5.16. The zero-order valence-corrected chi connectivity index (χ0v) is 17.7. The van der Waals surface area contributed by atoms with E-state index < -0.39 is 0 Å². The van der Waals surface area contributed by atoms with Crippen LogP contribution in [0.5, 0.6) is 0 Å². The van der Waals surface area contributed by atoms with E-state index in [1.807, 2.05) is 23.7 Å². The standard InChI is InChI=1S/C18H19BrN4OS2/c1-12(2)10-23-15(13-3-5-14(19)6-4-13)9-21-18(23)26-11-16(24)22-17-20-7-8-25-17/h3-9,12H,10-11H2,1-2H3,(H,20,22,24). The Hall–Kier alpha value is -1.64. The number of amides is 1. The molecular formula is C18H19BrN4OS2. The lowest BCUT2D eigenvalue weighted by Crippen LogP contribution is -2.15. The molecule has 2 heterocycles. The summed E-state index contributed by atoms with van der Waals surface area (Å²) in [6.07, 6.45) is 3.56. The lowest BCUT2D eigenvalue weighted by molar-refractivity contribution is -0.113. The number of carbonyl (C=O) groups excluding carboxylic acids is 1. The van der Waals surface area contributed by atoms with Gasteiger partial charge in [-0.3, -0.25) is 4.79 Å². The van der Waals surface area contributed by atoms with E-state index in [4.69, 9.17) is 0 Å². The molecule has 0 saturated heterocycles. The smallest absolute Gasteiger partial charge is 0.236 e. The van der Waals surface area contributed by atoms with Crippen molar-refractivity contribution in [1.29, 1.82) is 0 Å². The van der Waals surface area contributed by atoms with E-state index in [1.54, 1.807) is 6.20 Å². The number of rotatable bonds is 7. The number of benzene rings is 1. The molecule has 0 aliphatic rings. The fourth-order valence-electron chi connectivity index (χ4n) is 2.44. The Morgan fingerprint density at radius 3 is 2.73 bits per heavy atom. The van der Waals surface area contributed by atoms with Gasteiger partial charge in [-0.2, -0.15) is 0 Å². The lowest BCUT2D eigenvalue weighted by atomic mass is 10.1. The first kappa shape index (κ1) is 19.1. The van der Waals surface area contributed by atoms with Gasteiger partial charge in [0, 0.05) is 22.6 Å². The molecule has 2 aromatic heterocycles. The molecule has 0 aliphatic carbocycles. The third-order valence-corrected chi connectivity index (χ3v) is 5.73. The zero-order valence-electron chi connectivity index (χ0n) is 14.5. The minimum absolute atomic E-state index is 0.0748. The van der Waals surface area contributed by atoms with Crippen molar-refractivity contribution in [1.82, 2.24) is 14.5 Å². The van der Waals surface area contributed by atoms with Gasteiger partial charge >= 0.3 is 0 Å². The lowest BCUT2D eigenvalue weighted by Gasteiger charge is -2.14. The summed E-state index contributed by atoms with van der Waals surface area (Å²) in [6, 6.07) is 8.19. The second-order valence-corrected chi connectivity index (χ2v) is 8.86. The van der Waals surface area contributed by atoms with Crippen LogP contribution in [0.4, 0.5) is 5.13 Å². The molecule has 3 rings (SSSR count). The zero-order chi connectivity index (χ0) is 18.5. The molecular weight excluding hydrogens is 432 g/mol. The molecule has 0 saturated carbocycles. The van der Waals surface area contributed by atoms with Crippen molar-refractivity contribution in [3.63, 3.8) is 0 Å². The molecule has 3 aromatic rings. The number of halogens is 1. The minimum atomic E-state index is -0.0748. The number of carbonyl (C=O) groups is 1. The number of hydrogen-bond acceptors (Lipinski definition) is 5. The Balaban J connectivity index is 1.76. The number of anilines is 1. The van der Waals surface area contributed by atoms with Crippen molar-refractivity contribution in [2.45, 2.75) is 25.5 Å². The van der Waals surface area contributed by atoms with E-state index in [-0.39, 0.29) is 5.91 Å². The molecule has 1 amide bonds. The highest BCUT2D eigenvalue weighted by Crippen LogP contribution is 2.28. The Morgan fingerprint density at radius 1 is 1.31 bits per heavy atom. The Bertz CT molecular complexity index is 860. The average Bonchev–Trinajstić information content (AvgIpc) is 3.24. The Kier molecular flexibility index (Phi) is 6.50. The van der Waals surface area contributed by atoms with Gasteiger partial charge in [0.15, 0.2) is 10.3 Å². The predicted molar refractivity (Wildman–Crippen MR) is 112 cm³/mol. The van der Waals surface area contributed by atoms with E-state index in [0.717, 1.165) is 27.4 Å². The van der Waals surface area contributed by atoms with Crippen LogP contribution in [0.25, 0.3) is 11.3 Å². The van der Waals surface area contributed by atoms with Gasteiger partial charge in [-0.25, -0.2) is 9.97 Å². The van der Waals surface area contributed by atoms with E-state index in [0.29, 0.717) is 16.8 Å². The summed E-state index contributed by atoms with van der Waals surface area (Å²) >= 11 is 6.33. The number of nitrogens with zero attached hydrogens (tertiary/aromatic N) is 3. The summed E-state index contributed by atoms with van der Waals surface area (Å²) < 4.78 is 3.24. The van der Waals surface area contributed by atoms with Crippen molar-refractivity contribution in [3.8, 4) is 11.3 Å². The molecule has 26 heavy (non-hydrogen) atoms. The van der Waals surface area contributed by atoms with Gasteiger partial charge in [0.2, 0.25) is 5.91 Å². The third-order valence-electron chi connectivity index (χ3n) is 3.52. The largest absolute Gasteiger partial charge is 0.319 e. The molecule has 136 valence electrons. The van der Waals surface area contributed by atoms with Gasteiger partial charge < -0.3 is 9.88 Å². The van der Waals surface area contributed by atoms with E-state index in [9.17, 15) is 4.79 Å². The Morgan fingerprint density at radius 2 is 2.08 bits per heavy atom. The number of aromatic nitrogens is 3. The second kappa shape index (κ2) is 8.83. The maximum absolute atomic E-state index is 12.1. The van der Waals surface area contributed by atoms with Crippen molar-refractivity contribution in [2.75, 3.05) is 11.1 Å². The van der Waals surface area contributed by atoms with Crippen LogP contribution in [-0.4, -0.2) is 26.2 Å². The first-order valence-electron chi connectivity index (χ1n) is 8.16. The van der Waals surface area contributed by atoms with Gasteiger partial charge in [0.05, 0.1) is 17.6 Å². The topological polar surface area (TPSA) is 59.8 Å². The van der Waals surface area contributed by atoms with Gasteiger partial charge in [0.1, 0.15) is 0 Å². The van der Waals surface area contributed by atoms with Crippen molar-refractivity contribution >= 4 is 50.1 Å². The SMILES string of the molecule is CC(C)Cn1c(-c2ccc(Br)cc2)cnc1SCC(=O)Nc1nccs1. The molecule has 0 spiro atoms. The van der Waals surface area contributed by atoms with Gasteiger partial charge in [-0.1, -0.05) is 53.7 Å². The highest BCUT2D eigenvalue weighted by atomic mass is 79.9. The highest BCUT2D eigenvalue weighted by molar-refractivity contribution is 9.10. The first-order valence-corrected chi connectivity index (χ1v) is 10.8. The van der Waals surface area contributed by atoms with Crippen LogP contribution >= 0.6 is 39.0 Å². The Labute approximate surface area is 169 Å². The van der Waals surface area contributed by atoms with Crippen LogP contribution < -0.4 is 5.32 Å². The highest BCUT2D eigenvalue weighted by Gasteiger charge is 2.15. The average molecular weight is 451 g/mol. The molecule has 0 unspecified atom stereocenters. The molecule has 0 atom stereocenters. The summed E-state index contributed by atoms with van der Waals surface area (Å²) in [4.78, 5) is 20.8. The number of imidazole rings is 1. The van der Waals surface area contributed by atoms with Crippen LogP contribution in [-0.2, 0) is 11.3 Å². The van der Waals surface area contributed by atoms with Crippen molar-refractivity contribution < 1.29 is 4.79 Å². The molecule has 1 N–H and O–H groups in total. The van der Waals surface area contributed by atoms with Crippen molar-refractivity contribution in [2.24, 2.45) is 5.92 Å². The third kappa shape index (κ3) is 4.96. The number of nitrogens with one attached hydrogen (secondary N) is 1. The van der Waals surface area contributed by atoms with Crippen LogP contribution in [0, 0.1) is 5.92 Å². The summed E-state index contributed by atoms with van der Waals surface area (Å²) in [6.45, 7) is 5.20. The molecule has 0 aliphatic heterocycles. The minimum Gasteiger partial charge on any atom is -0.319 e. The quantitative estimate of drug-likeness (QED) is 0.505. The maximum Gasteiger partial charge on any atom is 0.236 e. The summed E-state index contributed by atoms with van der Waals surface area (Å²) in [5.74, 6) is 0.699. The number of thiazole rings is 1. The molecule has 5 nitrogen and oxygen atoms in total. The van der Waals surface area contributed by atoms with Crippen LogP contribution in [0.15, 0.2) is 51.7 Å². The van der Waals surface area contributed by atoms with E-state index >= 15 is 0 Å². The van der Waals surface area contributed by atoms with Crippen LogP contribution in [0.2, 0.25) is 0 Å². The first-order chi connectivity index (χ1) is 12.5. The van der Waals surface area contributed by atoms with E-state index in [2.05, 4.69) is 61.8 Å². The molecule has 0 bridgehead atoms. The fourth-order valence-corrected chi connectivity index (χ4v) is 4.03. The maximum atomic E-state index is 12.1. The molecule has 0 fully saturated rings. The molecule has 1 aromatic carbocycles. The summed E-state index contributed by atoms with van der Waals surface area (Å²) in [7, 11) is 0. The van der Waals surface area contributed by atoms with Crippen molar-refractivity contribution in [3.05, 3.63) is 46.5 Å². The summed E-state index contributed by atoms with van der Waals surface area (Å²) in [5, 5.41) is 6.11.